The van der Waals surface area contributed by atoms with Crippen molar-refractivity contribution >= 4 is 33.3 Å². The zero-order valence-electron chi connectivity index (χ0n) is 17.3. The number of aliphatic hydroxyl groups is 3. The van der Waals surface area contributed by atoms with Crippen molar-refractivity contribution in [1.82, 2.24) is 15.0 Å². The monoisotopic (exact) mass is 429 g/mol. The van der Waals surface area contributed by atoms with E-state index in [1.165, 1.54) is 0 Å². The largest absolute Gasteiger partial charge is 0.396 e. The topological polar surface area (TPSA) is 115 Å². The van der Waals surface area contributed by atoms with Gasteiger partial charge in [-0.05, 0) is 25.0 Å². The molecule has 1 aliphatic rings. The molecular formula is C21H27N5O3S. The molecule has 0 aliphatic heterocycles. The average Bonchev–Trinajstić information content (AvgIpc) is 3.29. The van der Waals surface area contributed by atoms with E-state index in [-0.39, 0.29) is 12.5 Å². The van der Waals surface area contributed by atoms with Crippen molar-refractivity contribution in [1.29, 1.82) is 0 Å². The molecule has 0 bridgehead atoms. The summed E-state index contributed by atoms with van der Waals surface area (Å²) >= 11 is 1.58. The van der Waals surface area contributed by atoms with Crippen molar-refractivity contribution in [2.45, 2.75) is 38.0 Å². The Kier molecular flexibility index (Phi) is 5.88. The molecule has 1 aliphatic carbocycles. The lowest BCUT2D eigenvalue weighted by Gasteiger charge is -2.22. The van der Waals surface area contributed by atoms with E-state index in [9.17, 15) is 15.3 Å². The highest BCUT2D eigenvalue weighted by Crippen LogP contribution is 2.38. The predicted molar refractivity (Wildman–Crippen MR) is 119 cm³/mol. The van der Waals surface area contributed by atoms with Gasteiger partial charge in [0.05, 0.1) is 33.6 Å². The minimum Gasteiger partial charge on any atom is -0.396 e. The number of hydrogen-bond acceptors (Lipinski definition) is 9. The summed E-state index contributed by atoms with van der Waals surface area (Å²) in [6.07, 6.45) is -0.827. The van der Waals surface area contributed by atoms with Crippen molar-refractivity contribution in [3.63, 3.8) is 0 Å². The molecule has 0 radical (unpaired) electrons. The Morgan fingerprint density at radius 1 is 1.13 bits per heavy atom. The minimum atomic E-state index is -0.992. The number of anilines is 2. The Bertz CT molecular complexity index is 1010. The standard InChI is InChI=1S/C21H27N5O3S/c1-4-12-16(20-23-13-7-5-6-8-15(13)30-20)19(25-21(24-12)26(2)3)22-14-9-11(10-27)17(28)18(14)29/h5-8,11,14,17-18,27-29H,4,9-10H2,1-3H3,(H,22,24,25)/t11-,14-,17-,18+/m1/s1. The lowest BCUT2D eigenvalue weighted by atomic mass is 10.1. The van der Waals surface area contributed by atoms with Gasteiger partial charge in [0.1, 0.15) is 16.9 Å². The lowest BCUT2D eigenvalue weighted by molar-refractivity contribution is 0.00446. The summed E-state index contributed by atoms with van der Waals surface area (Å²) in [6.45, 7) is 1.87. The molecule has 4 rings (SSSR count). The molecule has 3 aromatic rings. The summed E-state index contributed by atoms with van der Waals surface area (Å²) in [6, 6.07) is 7.53. The zero-order chi connectivity index (χ0) is 21.4. The number of aryl methyl sites for hydroxylation is 1. The highest BCUT2D eigenvalue weighted by atomic mass is 32.1. The number of rotatable bonds is 6. The maximum absolute atomic E-state index is 10.5. The molecule has 4 N–H and O–H groups in total. The van der Waals surface area contributed by atoms with Gasteiger partial charge < -0.3 is 25.5 Å². The second kappa shape index (κ2) is 8.43. The van der Waals surface area contributed by atoms with Gasteiger partial charge in [-0.1, -0.05) is 19.1 Å². The van der Waals surface area contributed by atoms with Crippen LogP contribution in [-0.4, -0.2) is 69.2 Å². The number of fused-ring (bicyclic) bond motifs is 1. The maximum Gasteiger partial charge on any atom is 0.227 e. The quantitative estimate of drug-likeness (QED) is 0.470. The van der Waals surface area contributed by atoms with Gasteiger partial charge >= 0.3 is 0 Å². The second-order valence-corrected chi connectivity index (χ2v) is 8.87. The fraction of sp³-hybridized carbons (Fsp3) is 0.476. The summed E-state index contributed by atoms with van der Waals surface area (Å²) in [5.41, 5.74) is 2.60. The first-order chi connectivity index (χ1) is 14.4. The third-order valence-electron chi connectivity index (χ3n) is 5.57. The molecule has 8 nitrogen and oxygen atoms in total. The number of nitrogens with one attached hydrogen (secondary N) is 1. The van der Waals surface area contributed by atoms with E-state index in [4.69, 9.17) is 15.0 Å². The van der Waals surface area contributed by atoms with Gasteiger partial charge in [0, 0.05) is 26.6 Å². The van der Waals surface area contributed by atoms with E-state index < -0.39 is 18.2 Å². The third kappa shape index (κ3) is 3.74. The first kappa shape index (κ1) is 20.9. The van der Waals surface area contributed by atoms with Crippen LogP contribution in [0.4, 0.5) is 11.8 Å². The van der Waals surface area contributed by atoms with E-state index in [1.54, 1.807) is 11.3 Å². The Balaban J connectivity index is 1.82. The molecule has 4 atom stereocenters. The zero-order valence-corrected chi connectivity index (χ0v) is 18.1. The maximum atomic E-state index is 10.5. The van der Waals surface area contributed by atoms with E-state index in [0.29, 0.717) is 24.6 Å². The van der Waals surface area contributed by atoms with Gasteiger partial charge in [-0.25, -0.2) is 9.97 Å². The number of aliphatic hydroxyl groups excluding tert-OH is 3. The molecule has 0 spiro atoms. The Hall–Kier alpha value is -2.33. The highest BCUT2D eigenvalue weighted by Gasteiger charge is 2.41. The van der Waals surface area contributed by atoms with Crippen LogP contribution in [0.2, 0.25) is 0 Å². The van der Waals surface area contributed by atoms with E-state index in [1.807, 2.05) is 50.2 Å². The smallest absolute Gasteiger partial charge is 0.227 e. The number of aromatic nitrogens is 3. The second-order valence-electron chi connectivity index (χ2n) is 7.84. The number of thiazole rings is 1. The average molecular weight is 430 g/mol. The number of nitrogens with zero attached hydrogens (tertiary/aromatic N) is 4. The molecule has 0 amide bonds. The molecule has 160 valence electrons. The van der Waals surface area contributed by atoms with Crippen LogP contribution >= 0.6 is 11.3 Å². The fourth-order valence-electron chi connectivity index (χ4n) is 3.88. The van der Waals surface area contributed by atoms with Crippen LogP contribution in [-0.2, 0) is 6.42 Å². The Morgan fingerprint density at radius 3 is 2.53 bits per heavy atom. The van der Waals surface area contributed by atoms with Gasteiger partial charge in [0.25, 0.3) is 0 Å². The molecule has 2 aromatic heterocycles. The van der Waals surface area contributed by atoms with E-state index in [2.05, 4.69) is 5.32 Å². The molecule has 0 saturated heterocycles. The van der Waals surface area contributed by atoms with Crippen LogP contribution in [0.1, 0.15) is 19.0 Å². The van der Waals surface area contributed by atoms with Crippen molar-refractivity contribution in [2.75, 3.05) is 30.9 Å². The number of hydrogen-bond donors (Lipinski definition) is 4. The van der Waals surface area contributed by atoms with Crippen LogP contribution in [0.3, 0.4) is 0 Å². The molecular weight excluding hydrogens is 402 g/mol. The molecule has 9 heteroatoms. The van der Waals surface area contributed by atoms with Gasteiger partial charge in [-0.3, -0.25) is 0 Å². The summed E-state index contributed by atoms with van der Waals surface area (Å²) in [4.78, 5) is 16.1. The minimum absolute atomic E-state index is 0.173. The molecule has 1 saturated carbocycles. The normalized spacial score (nSPS) is 23.8. The molecule has 0 unspecified atom stereocenters. The molecule has 2 heterocycles. The van der Waals surface area contributed by atoms with Gasteiger partial charge in [0.2, 0.25) is 5.95 Å². The van der Waals surface area contributed by atoms with E-state index >= 15 is 0 Å². The van der Waals surface area contributed by atoms with Crippen LogP contribution in [0, 0.1) is 5.92 Å². The third-order valence-corrected chi connectivity index (χ3v) is 6.63. The Morgan fingerprint density at radius 2 is 1.90 bits per heavy atom. The summed E-state index contributed by atoms with van der Waals surface area (Å²) in [5, 5.41) is 34.4. The lowest BCUT2D eigenvalue weighted by Crippen LogP contribution is -2.36. The van der Waals surface area contributed by atoms with Gasteiger partial charge in [-0.2, -0.15) is 4.98 Å². The first-order valence-electron chi connectivity index (χ1n) is 10.1. The van der Waals surface area contributed by atoms with Crippen molar-refractivity contribution in [2.24, 2.45) is 5.92 Å². The Labute approximate surface area is 179 Å². The van der Waals surface area contributed by atoms with Crippen molar-refractivity contribution in [3.05, 3.63) is 30.0 Å². The van der Waals surface area contributed by atoms with Crippen LogP contribution in [0.25, 0.3) is 20.8 Å². The number of para-hydroxylation sites is 1. The van der Waals surface area contributed by atoms with Gasteiger partial charge in [-0.15, -0.1) is 11.3 Å². The SMILES string of the molecule is CCc1nc(N(C)C)nc(N[C@@H]2C[C@H](CO)[C@@H](O)[C@H]2O)c1-c1nc2ccccc2s1. The van der Waals surface area contributed by atoms with Crippen LogP contribution < -0.4 is 10.2 Å². The molecule has 1 fully saturated rings. The first-order valence-corrected chi connectivity index (χ1v) is 10.9. The fourth-order valence-corrected chi connectivity index (χ4v) is 4.92. The van der Waals surface area contributed by atoms with Crippen molar-refractivity contribution in [3.8, 4) is 10.6 Å². The van der Waals surface area contributed by atoms with Crippen LogP contribution in [0.15, 0.2) is 24.3 Å². The summed E-state index contributed by atoms with van der Waals surface area (Å²) < 4.78 is 1.08. The summed E-state index contributed by atoms with van der Waals surface area (Å²) in [7, 11) is 3.76. The summed E-state index contributed by atoms with van der Waals surface area (Å²) in [5.74, 6) is 0.773. The molecule has 30 heavy (non-hydrogen) atoms. The molecule has 1 aromatic carbocycles. The highest BCUT2D eigenvalue weighted by molar-refractivity contribution is 7.21. The number of benzene rings is 1. The predicted octanol–water partition coefficient (Wildman–Crippen LogP) is 1.90. The van der Waals surface area contributed by atoms with Crippen LogP contribution in [0.5, 0.6) is 0 Å². The van der Waals surface area contributed by atoms with Gasteiger partial charge in [0.15, 0.2) is 0 Å². The van der Waals surface area contributed by atoms with E-state index in [0.717, 1.165) is 26.5 Å². The van der Waals surface area contributed by atoms with Crippen molar-refractivity contribution < 1.29 is 15.3 Å².